The molecular formula is C17H15Br2N3OS. The summed E-state index contributed by atoms with van der Waals surface area (Å²) in [6.07, 6.45) is 0. The molecule has 1 amide bonds. The first-order valence-electron chi connectivity index (χ1n) is 7.08. The first kappa shape index (κ1) is 19.0. The molecule has 24 heavy (non-hydrogen) atoms. The minimum atomic E-state index is -0.157. The van der Waals surface area contributed by atoms with Crippen molar-refractivity contribution in [3.8, 4) is 6.07 Å². The van der Waals surface area contributed by atoms with Crippen LogP contribution in [0.25, 0.3) is 0 Å². The zero-order valence-electron chi connectivity index (χ0n) is 13.4. The quantitative estimate of drug-likeness (QED) is 0.631. The van der Waals surface area contributed by atoms with Gasteiger partial charge in [-0.25, -0.2) is 4.98 Å². The van der Waals surface area contributed by atoms with Crippen LogP contribution in [-0.4, -0.2) is 16.6 Å². The fourth-order valence-corrected chi connectivity index (χ4v) is 4.68. The van der Waals surface area contributed by atoms with Gasteiger partial charge in [-0.15, -0.1) is 0 Å². The summed E-state index contributed by atoms with van der Waals surface area (Å²) in [5.41, 5.74) is 4.01. The number of aryl methyl sites for hydroxylation is 3. The van der Waals surface area contributed by atoms with Gasteiger partial charge in [0.25, 0.3) is 0 Å². The first-order valence-corrected chi connectivity index (χ1v) is 9.65. The minimum Gasteiger partial charge on any atom is -0.323 e. The molecule has 0 atom stereocenters. The molecule has 0 saturated carbocycles. The van der Waals surface area contributed by atoms with Crippen LogP contribution < -0.4 is 5.32 Å². The number of rotatable bonds is 4. The predicted molar refractivity (Wildman–Crippen MR) is 104 cm³/mol. The number of hydrogen-bond acceptors (Lipinski definition) is 4. The maximum Gasteiger partial charge on any atom is 0.234 e. The second kappa shape index (κ2) is 8.15. The SMILES string of the molecule is Cc1cc(Br)c(NC(=O)CSc2nc(C)cc(C)c2C#N)c(Br)c1. The Morgan fingerprint density at radius 3 is 2.46 bits per heavy atom. The zero-order valence-corrected chi connectivity index (χ0v) is 17.4. The Bertz CT molecular complexity index is 823. The van der Waals surface area contributed by atoms with Gasteiger partial charge in [0.2, 0.25) is 5.91 Å². The van der Waals surface area contributed by atoms with E-state index in [4.69, 9.17) is 0 Å². The molecule has 2 aromatic rings. The van der Waals surface area contributed by atoms with Crippen molar-refractivity contribution in [1.82, 2.24) is 4.98 Å². The maximum atomic E-state index is 12.3. The van der Waals surface area contributed by atoms with Crippen LogP contribution in [0.1, 0.15) is 22.4 Å². The van der Waals surface area contributed by atoms with Crippen molar-refractivity contribution in [2.45, 2.75) is 25.8 Å². The van der Waals surface area contributed by atoms with Crippen LogP contribution in [0.15, 0.2) is 32.2 Å². The number of pyridine rings is 1. The van der Waals surface area contributed by atoms with E-state index in [1.165, 1.54) is 11.8 Å². The molecule has 2 rings (SSSR count). The molecule has 0 radical (unpaired) electrons. The Morgan fingerprint density at radius 2 is 1.88 bits per heavy atom. The average Bonchev–Trinajstić information content (AvgIpc) is 2.48. The number of carbonyl (C=O) groups is 1. The van der Waals surface area contributed by atoms with E-state index in [1.54, 1.807) is 0 Å². The average molecular weight is 469 g/mol. The predicted octanol–water partition coefficient (Wildman–Crippen LogP) is 5.13. The van der Waals surface area contributed by atoms with Gasteiger partial charge < -0.3 is 5.32 Å². The van der Waals surface area contributed by atoms with Crippen LogP contribution >= 0.6 is 43.6 Å². The van der Waals surface area contributed by atoms with Gasteiger partial charge in [0, 0.05) is 14.6 Å². The van der Waals surface area contributed by atoms with E-state index in [0.717, 1.165) is 25.8 Å². The first-order chi connectivity index (χ1) is 11.3. The van der Waals surface area contributed by atoms with E-state index >= 15 is 0 Å². The molecule has 4 nitrogen and oxygen atoms in total. The van der Waals surface area contributed by atoms with Gasteiger partial charge in [0.15, 0.2) is 0 Å². The summed E-state index contributed by atoms with van der Waals surface area (Å²) in [5, 5.41) is 12.7. The van der Waals surface area contributed by atoms with E-state index in [2.05, 4.69) is 48.2 Å². The Hall–Kier alpha value is -1.36. The monoisotopic (exact) mass is 467 g/mol. The van der Waals surface area contributed by atoms with Crippen LogP contribution in [-0.2, 0) is 4.79 Å². The largest absolute Gasteiger partial charge is 0.323 e. The molecule has 124 valence electrons. The molecule has 0 bridgehead atoms. The van der Waals surface area contributed by atoms with E-state index in [0.29, 0.717) is 16.3 Å². The van der Waals surface area contributed by atoms with Crippen LogP contribution in [0.5, 0.6) is 0 Å². The number of aromatic nitrogens is 1. The molecule has 0 fully saturated rings. The van der Waals surface area contributed by atoms with E-state index < -0.39 is 0 Å². The van der Waals surface area contributed by atoms with Crippen LogP contribution in [0.3, 0.4) is 0 Å². The lowest BCUT2D eigenvalue weighted by Gasteiger charge is -2.11. The van der Waals surface area contributed by atoms with Gasteiger partial charge in [-0.3, -0.25) is 4.79 Å². The third-order valence-electron chi connectivity index (χ3n) is 3.21. The molecule has 1 aromatic carbocycles. The van der Waals surface area contributed by atoms with Crippen LogP contribution in [0.2, 0.25) is 0 Å². The number of nitriles is 1. The molecule has 1 aromatic heterocycles. The third kappa shape index (κ3) is 4.59. The van der Waals surface area contributed by atoms with Crippen LogP contribution in [0.4, 0.5) is 5.69 Å². The van der Waals surface area contributed by atoms with Crippen molar-refractivity contribution in [2.24, 2.45) is 0 Å². The number of hydrogen-bond donors (Lipinski definition) is 1. The highest BCUT2D eigenvalue weighted by molar-refractivity contribution is 9.11. The number of benzene rings is 1. The Labute approximate surface area is 162 Å². The van der Waals surface area contributed by atoms with Gasteiger partial charge in [0.05, 0.1) is 17.0 Å². The molecule has 0 unspecified atom stereocenters. The van der Waals surface area contributed by atoms with Crippen molar-refractivity contribution in [2.75, 3.05) is 11.1 Å². The molecule has 7 heteroatoms. The molecule has 0 aliphatic carbocycles. The van der Waals surface area contributed by atoms with E-state index in [9.17, 15) is 10.1 Å². The van der Waals surface area contributed by atoms with E-state index in [1.807, 2.05) is 39.0 Å². The van der Waals surface area contributed by atoms with Gasteiger partial charge >= 0.3 is 0 Å². The van der Waals surface area contributed by atoms with Gasteiger partial charge in [-0.2, -0.15) is 5.26 Å². The highest BCUT2D eigenvalue weighted by Gasteiger charge is 2.14. The molecule has 0 aliphatic heterocycles. The third-order valence-corrected chi connectivity index (χ3v) is 5.44. The lowest BCUT2D eigenvalue weighted by Crippen LogP contribution is -2.15. The number of amides is 1. The zero-order chi connectivity index (χ0) is 17.9. The normalized spacial score (nSPS) is 10.3. The fraction of sp³-hybridized carbons (Fsp3) is 0.235. The summed E-state index contributed by atoms with van der Waals surface area (Å²) < 4.78 is 1.63. The van der Waals surface area contributed by atoms with Crippen molar-refractivity contribution in [3.63, 3.8) is 0 Å². The van der Waals surface area contributed by atoms with Crippen LogP contribution in [0, 0.1) is 32.1 Å². The smallest absolute Gasteiger partial charge is 0.234 e. The number of thioether (sulfide) groups is 1. The highest BCUT2D eigenvalue weighted by atomic mass is 79.9. The molecule has 0 aliphatic rings. The molecular weight excluding hydrogens is 454 g/mol. The number of nitrogens with one attached hydrogen (secondary N) is 1. The molecule has 1 N–H and O–H groups in total. The maximum absolute atomic E-state index is 12.3. The van der Waals surface area contributed by atoms with Crippen molar-refractivity contribution >= 4 is 55.2 Å². The van der Waals surface area contributed by atoms with Gasteiger partial charge in [-0.05, 0) is 82.0 Å². The lowest BCUT2D eigenvalue weighted by molar-refractivity contribution is -0.113. The Morgan fingerprint density at radius 1 is 1.25 bits per heavy atom. The van der Waals surface area contributed by atoms with Crippen molar-refractivity contribution in [3.05, 3.63) is 49.5 Å². The summed E-state index contributed by atoms with van der Waals surface area (Å²) in [5.74, 6) is 0.0206. The fourth-order valence-electron chi connectivity index (χ4n) is 2.17. The topological polar surface area (TPSA) is 65.8 Å². The second-order valence-corrected chi connectivity index (χ2v) is 7.99. The summed E-state index contributed by atoms with van der Waals surface area (Å²) in [7, 11) is 0. The van der Waals surface area contributed by atoms with Gasteiger partial charge in [0.1, 0.15) is 11.1 Å². The molecule has 0 saturated heterocycles. The Kier molecular flexibility index (Phi) is 6.44. The number of anilines is 1. The Balaban J connectivity index is 2.12. The summed E-state index contributed by atoms with van der Waals surface area (Å²) in [6, 6.07) is 7.90. The number of carbonyl (C=O) groups excluding carboxylic acids is 1. The summed E-state index contributed by atoms with van der Waals surface area (Å²) >= 11 is 8.18. The number of nitrogens with zero attached hydrogens (tertiary/aromatic N) is 2. The highest BCUT2D eigenvalue weighted by Crippen LogP contribution is 2.32. The van der Waals surface area contributed by atoms with Crippen molar-refractivity contribution in [1.29, 1.82) is 5.26 Å². The molecule has 0 spiro atoms. The van der Waals surface area contributed by atoms with Crippen molar-refractivity contribution < 1.29 is 4.79 Å². The van der Waals surface area contributed by atoms with E-state index in [-0.39, 0.29) is 11.7 Å². The summed E-state index contributed by atoms with van der Waals surface area (Å²) in [6.45, 7) is 5.73. The lowest BCUT2D eigenvalue weighted by atomic mass is 10.1. The minimum absolute atomic E-state index is 0.157. The second-order valence-electron chi connectivity index (χ2n) is 5.31. The molecule has 1 heterocycles. The standard InChI is InChI=1S/C17H15Br2N3OS/c1-9-4-13(18)16(14(19)5-9)22-15(23)8-24-17-12(7-20)10(2)6-11(3)21-17/h4-6H,8H2,1-3H3,(H,22,23). The van der Waals surface area contributed by atoms with Gasteiger partial charge in [-0.1, -0.05) is 11.8 Å². The number of halogens is 2. The summed E-state index contributed by atoms with van der Waals surface area (Å²) in [4.78, 5) is 16.6.